The minimum atomic E-state index is -0.0719. The molecule has 3 aliphatic rings. The molecule has 11 nitrogen and oxygen atoms in total. The maximum Gasteiger partial charge on any atom is 0.248 e. The highest BCUT2D eigenvalue weighted by Gasteiger charge is 2.40. The highest BCUT2D eigenvalue weighted by atomic mass is 32.1. The van der Waals surface area contributed by atoms with Crippen molar-refractivity contribution in [1.82, 2.24) is 43.6 Å². The highest BCUT2D eigenvalue weighted by molar-refractivity contribution is 7.25. The number of hydrogen-bond acceptors (Lipinski definition) is 9. The van der Waals surface area contributed by atoms with Gasteiger partial charge in [0.05, 0.1) is 33.1 Å². The molecule has 135 heavy (non-hydrogen) atoms. The van der Waals surface area contributed by atoms with Gasteiger partial charge in [-0.2, -0.15) is 4.98 Å². The number of furan rings is 2. The van der Waals surface area contributed by atoms with Crippen molar-refractivity contribution in [1.29, 1.82) is 0 Å². The molecular weight excluding hydrogens is 1670 g/mol. The van der Waals surface area contributed by atoms with E-state index in [9.17, 15) is 0 Å². The Labute approximate surface area is 778 Å². The Kier molecular flexibility index (Phi) is 16.3. The van der Waals surface area contributed by atoms with Crippen LogP contribution in [0.25, 0.3) is 247 Å². The van der Waals surface area contributed by atoms with Gasteiger partial charge in [-0.25, -0.2) is 24.9 Å². The number of aromatic nitrogens is 9. The standard InChI is InChI=1S/2C41H27N3O.C41H27N3S/c1-41(2)32-16-8-5-13-27(32)30-22-26(19-20-33(30)41)39-42-37-29-15-7-10-18-36(29)45-38(37)40(43-39)44-34-17-9-6-14-28(34)31-21-24-11-3-4-12-25(24)23-35(31)44;2*1-41(2)32-16-8-5-13-27(32)30-22-26(19-20-33(30)41)37-39(43-40-38(42-37)29-15-7-10-18-36(29)45-40)44-34-17-9-6-14-28(34)31-21-24-11-3-4-12-25(24)23-35(31)44/h3*3-23H,1-2H3. The molecule has 0 spiro atoms. The van der Waals surface area contributed by atoms with Gasteiger partial charge in [0.2, 0.25) is 5.71 Å². The van der Waals surface area contributed by atoms with Crippen molar-refractivity contribution in [2.24, 2.45) is 0 Å². The Balaban J connectivity index is 0.000000101. The van der Waals surface area contributed by atoms with Gasteiger partial charge in [0.15, 0.2) is 28.9 Å². The molecule has 9 heterocycles. The van der Waals surface area contributed by atoms with E-state index in [1.165, 1.54) is 136 Å². The van der Waals surface area contributed by atoms with Crippen LogP contribution in [0.3, 0.4) is 0 Å². The molecular formula is C123H81N9O2S. The fourth-order valence-corrected chi connectivity index (χ4v) is 23.8. The quantitative estimate of drug-likeness (QED) is 0.162. The predicted molar refractivity (Wildman–Crippen MR) is 558 cm³/mol. The molecule has 0 saturated carbocycles. The van der Waals surface area contributed by atoms with E-state index in [1.54, 1.807) is 11.3 Å². The smallest absolute Gasteiger partial charge is 0.248 e. The number of fused-ring (bicyclic) bond motifs is 30. The molecule has 0 bridgehead atoms. The summed E-state index contributed by atoms with van der Waals surface area (Å²) in [5.74, 6) is 3.05. The first-order valence-electron chi connectivity index (χ1n) is 46.3. The average Bonchev–Trinajstić information content (AvgIpc) is 1.57. The topological polar surface area (TPSA) is 118 Å². The second-order valence-corrected chi connectivity index (χ2v) is 39.0. The Morgan fingerprint density at radius 2 is 0.585 bits per heavy atom. The van der Waals surface area contributed by atoms with Gasteiger partial charge in [0, 0.05) is 86.1 Å². The fourth-order valence-electron chi connectivity index (χ4n) is 22.8. The van der Waals surface area contributed by atoms with E-state index < -0.39 is 0 Å². The van der Waals surface area contributed by atoms with Crippen LogP contribution >= 0.6 is 11.3 Å². The summed E-state index contributed by atoms with van der Waals surface area (Å²) in [4.78, 5) is 33.3. The second-order valence-electron chi connectivity index (χ2n) is 37.9. The zero-order chi connectivity index (χ0) is 89.6. The first-order valence-corrected chi connectivity index (χ1v) is 47.1. The SMILES string of the molecule is CC1(C)c2ccccc2-c2cc(-c3nc(-n4c5ccccc5c5cc6ccccc6cc54)c4oc5ccccc5c4n3)ccc21.CC1(C)c2ccccc2-c2cc(-c3nc4c(nc3-n3c5ccccc5c5cc6ccccc6cc53)oc3ccccc34)ccc21.CC1(C)c2ccccc2-c2cc(-c3nc4c(nc3-n3c5ccccc5c5cc6ccccc6cc53)sc3ccccc34)ccc21. The summed E-state index contributed by atoms with van der Waals surface area (Å²) in [6.07, 6.45) is 0. The van der Waals surface area contributed by atoms with Gasteiger partial charge in [-0.1, -0.05) is 321 Å². The van der Waals surface area contributed by atoms with Crippen molar-refractivity contribution < 1.29 is 8.83 Å². The number of benzene rings is 18. The lowest BCUT2D eigenvalue weighted by molar-refractivity contribution is 0.652. The van der Waals surface area contributed by atoms with Crippen LogP contribution in [-0.4, -0.2) is 43.6 Å². The lowest BCUT2D eigenvalue weighted by Gasteiger charge is -2.21. The molecule has 18 aromatic carbocycles. The zero-order valence-corrected chi connectivity index (χ0v) is 75.4. The van der Waals surface area contributed by atoms with Crippen molar-refractivity contribution >= 4 is 174 Å². The Bertz CT molecular complexity index is 9480. The van der Waals surface area contributed by atoms with Gasteiger partial charge >= 0.3 is 0 Å². The van der Waals surface area contributed by atoms with E-state index in [0.717, 1.165) is 127 Å². The largest absolute Gasteiger partial charge is 0.450 e. The molecule has 0 unspecified atom stereocenters. The summed E-state index contributed by atoms with van der Waals surface area (Å²) in [5.41, 5.74) is 32.4. The van der Waals surface area contributed by atoms with Gasteiger partial charge in [0.25, 0.3) is 0 Å². The number of hydrogen-bond donors (Lipinski definition) is 0. The van der Waals surface area contributed by atoms with Crippen LogP contribution in [0.15, 0.2) is 391 Å². The molecule has 3 aliphatic carbocycles. The number of para-hydroxylation sites is 5. The van der Waals surface area contributed by atoms with Gasteiger partial charge in [-0.05, 0) is 202 Å². The number of thiophene rings is 1. The molecule has 0 fully saturated rings. The van der Waals surface area contributed by atoms with Gasteiger partial charge in [-0.15, -0.1) is 11.3 Å². The molecule has 0 atom stereocenters. The maximum atomic E-state index is 6.59. The molecule has 0 aliphatic heterocycles. The maximum absolute atomic E-state index is 6.59. The van der Waals surface area contributed by atoms with E-state index >= 15 is 0 Å². The van der Waals surface area contributed by atoms with E-state index in [0.29, 0.717) is 17.1 Å². The molecule has 12 heteroatoms. The van der Waals surface area contributed by atoms with Gasteiger partial charge < -0.3 is 8.83 Å². The Morgan fingerprint density at radius 1 is 0.237 bits per heavy atom. The predicted octanol–water partition coefficient (Wildman–Crippen LogP) is 32.3. The molecule has 0 amide bonds. The van der Waals surface area contributed by atoms with Crippen molar-refractivity contribution in [2.75, 3.05) is 0 Å². The van der Waals surface area contributed by atoms with Crippen LogP contribution in [0, 0.1) is 0 Å². The Hall–Kier alpha value is -16.8. The molecule has 636 valence electrons. The summed E-state index contributed by atoms with van der Waals surface area (Å²) >= 11 is 1.71. The minimum Gasteiger partial charge on any atom is -0.450 e. The minimum absolute atomic E-state index is 0.0552. The van der Waals surface area contributed by atoms with Crippen molar-refractivity contribution in [2.45, 2.75) is 57.8 Å². The molecule has 9 aromatic heterocycles. The summed E-state index contributed by atoms with van der Waals surface area (Å²) in [6.45, 7) is 13.9. The monoisotopic (exact) mass is 1750 g/mol. The second kappa shape index (κ2) is 28.6. The third kappa shape index (κ3) is 11.3. The van der Waals surface area contributed by atoms with E-state index in [-0.39, 0.29) is 16.2 Å². The first kappa shape index (κ1) is 77.0. The molecule has 27 aromatic rings. The van der Waals surface area contributed by atoms with Gasteiger partial charge in [-0.3, -0.25) is 13.7 Å². The molecule has 0 N–H and O–H groups in total. The van der Waals surface area contributed by atoms with E-state index in [1.807, 2.05) is 36.4 Å². The highest BCUT2D eigenvalue weighted by Crippen LogP contribution is 2.55. The van der Waals surface area contributed by atoms with Crippen LogP contribution in [-0.2, 0) is 16.2 Å². The summed E-state index contributed by atoms with van der Waals surface area (Å²) in [7, 11) is 0. The number of nitrogens with zero attached hydrogens (tertiary/aromatic N) is 9. The third-order valence-corrected chi connectivity index (χ3v) is 30.5. The van der Waals surface area contributed by atoms with Crippen LogP contribution in [0.4, 0.5) is 0 Å². The van der Waals surface area contributed by atoms with E-state index in [4.69, 9.17) is 38.7 Å². The molecule has 0 saturated heterocycles. The van der Waals surface area contributed by atoms with Gasteiger partial charge in [0.1, 0.15) is 43.9 Å². The Morgan fingerprint density at radius 3 is 1.06 bits per heavy atom. The van der Waals surface area contributed by atoms with Crippen LogP contribution in [0.1, 0.15) is 74.9 Å². The third-order valence-electron chi connectivity index (χ3n) is 29.4. The molecule has 0 radical (unpaired) electrons. The molecule has 30 rings (SSSR count). The van der Waals surface area contributed by atoms with Crippen molar-refractivity contribution in [3.05, 3.63) is 416 Å². The van der Waals surface area contributed by atoms with Crippen LogP contribution < -0.4 is 0 Å². The summed E-state index contributed by atoms with van der Waals surface area (Å²) in [6, 6.07) is 137. The first-order chi connectivity index (χ1) is 66.2. The summed E-state index contributed by atoms with van der Waals surface area (Å²) < 4.78 is 21.0. The van der Waals surface area contributed by atoms with Crippen LogP contribution in [0.5, 0.6) is 0 Å². The normalized spacial score (nSPS) is 13.7. The van der Waals surface area contributed by atoms with E-state index in [2.05, 4.69) is 401 Å². The van der Waals surface area contributed by atoms with Crippen molar-refractivity contribution in [3.8, 4) is 84.7 Å². The lowest BCUT2D eigenvalue weighted by Crippen LogP contribution is -2.14. The fraction of sp³-hybridized carbons (Fsp3) is 0.0732. The van der Waals surface area contributed by atoms with Crippen molar-refractivity contribution in [3.63, 3.8) is 0 Å². The van der Waals surface area contributed by atoms with Crippen LogP contribution in [0.2, 0.25) is 0 Å². The lowest BCUT2D eigenvalue weighted by atomic mass is 9.82. The average molecular weight is 1750 g/mol. The number of rotatable bonds is 6. The summed E-state index contributed by atoms with van der Waals surface area (Å²) in [5, 5.41) is 17.5. The zero-order valence-electron chi connectivity index (χ0n) is 74.6.